The number of nitrogens with one attached hydrogen (secondary N) is 1. The summed E-state index contributed by atoms with van der Waals surface area (Å²) in [5, 5.41) is 3.75. The molecule has 0 aliphatic carbocycles. The summed E-state index contributed by atoms with van der Waals surface area (Å²) < 4.78 is 0. The van der Waals surface area contributed by atoms with Crippen molar-refractivity contribution in [1.29, 1.82) is 0 Å². The van der Waals surface area contributed by atoms with Crippen molar-refractivity contribution in [2.45, 2.75) is 57.3 Å². The number of benzene rings is 1. The van der Waals surface area contributed by atoms with Crippen molar-refractivity contribution in [1.82, 2.24) is 10.2 Å². The predicted molar refractivity (Wildman–Crippen MR) is 75.6 cm³/mol. The van der Waals surface area contributed by atoms with Crippen LogP contribution >= 0.6 is 0 Å². The summed E-state index contributed by atoms with van der Waals surface area (Å²) in [6.45, 7) is 3.17. The summed E-state index contributed by atoms with van der Waals surface area (Å²) in [5.74, 6) is 0. The highest BCUT2D eigenvalue weighted by molar-refractivity contribution is 5.21. The molecular weight excluding hydrogens is 220 g/mol. The van der Waals surface area contributed by atoms with E-state index in [0.29, 0.717) is 0 Å². The van der Waals surface area contributed by atoms with E-state index in [4.69, 9.17) is 0 Å². The molecule has 0 amide bonds. The Morgan fingerprint density at radius 1 is 1.11 bits per heavy atom. The maximum Gasteiger partial charge on any atom is 0.0208 e. The summed E-state index contributed by atoms with van der Waals surface area (Å²) in [4.78, 5) is 2.60. The summed E-state index contributed by atoms with van der Waals surface area (Å²) in [7, 11) is 2.30. The van der Waals surface area contributed by atoms with Crippen molar-refractivity contribution in [3.8, 4) is 0 Å². The molecule has 2 nitrogen and oxygen atoms in total. The third-order valence-electron chi connectivity index (χ3n) is 4.81. The highest BCUT2D eigenvalue weighted by atomic mass is 15.2. The van der Waals surface area contributed by atoms with E-state index in [-0.39, 0.29) is 0 Å². The van der Waals surface area contributed by atoms with Gasteiger partial charge in [0.2, 0.25) is 0 Å². The Morgan fingerprint density at radius 2 is 1.72 bits per heavy atom. The first-order chi connectivity index (χ1) is 8.72. The number of nitrogens with zero attached hydrogens (tertiary/aromatic N) is 1. The third-order valence-corrected chi connectivity index (χ3v) is 4.81. The van der Waals surface area contributed by atoms with E-state index < -0.39 is 0 Å². The molecule has 2 aliphatic rings. The van der Waals surface area contributed by atoms with E-state index in [1.54, 1.807) is 0 Å². The lowest BCUT2D eigenvalue weighted by Crippen LogP contribution is -2.46. The molecule has 2 bridgehead atoms. The van der Waals surface area contributed by atoms with Crippen LogP contribution in [0.4, 0.5) is 0 Å². The van der Waals surface area contributed by atoms with Gasteiger partial charge in [-0.25, -0.2) is 0 Å². The molecule has 3 rings (SSSR count). The van der Waals surface area contributed by atoms with Crippen LogP contribution in [0, 0.1) is 6.92 Å². The van der Waals surface area contributed by atoms with E-state index in [9.17, 15) is 0 Å². The zero-order chi connectivity index (χ0) is 12.5. The van der Waals surface area contributed by atoms with Crippen LogP contribution in [0.5, 0.6) is 0 Å². The van der Waals surface area contributed by atoms with Crippen LogP contribution in [0.1, 0.15) is 36.8 Å². The molecule has 2 aliphatic heterocycles. The molecule has 1 N–H and O–H groups in total. The molecule has 2 unspecified atom stereocenters. The first kappa shape index (κ1) is 12.2. The van der Waals surface area contributed by atoms with Gasteiger partial charge in [-0.2, -0.15) is 0 Å². The van der Waals surface area contributed by atoms with Gasteiger partial charge < -0.3 is 10.2 Å². The molecule has 2 heteroatoms. The van der Waals surface area contributed by atoms with Crippen LogP contribution in [0.2, 0.25) is 0 Å². The number of hydrogen-bond donors (Lipinski definition) is 1. The van der Waals surface area contributed by atoms with Gasteiger partial charge in [0, 0.05) is 24.7 Å². The Labute approximate surface area is 110 Å². The molecule has 2 saturated heterocycles. The fraction of sp³-hybridized carbons (Fsp3) is 0.625. The predicted octanol–water partition coefficient (Wildman–Crippen LogP) is 2.71. The molecule has 1 aromatic rings. The largest absolute Gasteiger partial charge is 0.310 e. The maximum atomic E-state index is 3.75. The van der Waals surface area contributed by atoms with Gasteiger partial charge >= 0.3 is 0 Å². The van der Waals surface area contributed by atoms with Crippen molar-refractivity contribution >= 4 is 0 Å². The van der Waals surface area contributed by atoms with E-state index >= 15 is 0 Å². The number of rotatable bonds is 3. The van der Waals surface area contributed by atoms with Crippen molar-refractivity contribution in [2.75, 3.05) is 7.05 Å². The monoisotopic (exact) mass is 244 g/mol. The number of aryl methyl sites for hydroxylation is 1. The molecule has 0 aromatic heterocycles. The Kier molecular flexibility index (Phi) is 3.40. The average molecular weight is 244 g/mol. The minimum Gasteiger partial charge on any atom is -0.310 e. The Balaban J connectivity index is 1.54. The number of fused-ring (bicyclic) bond motifs is 2. The minimum absolute atomic E-state index is 0.722. The second kappa shape index (κ2) is 5.02. The van der Waals surface area contributed by atoms with Gasteiger partial charge in [-0.15, -0.1) is 0 Å². The van der Waals surface area contributed by atoms with Gasteiger partial charge in [0.1, 0.15) is 0 Å². The summed E-state index contributed by atoms with van der Waals surface area (Å²) >= 11 is 0. The zero-order valence-electron chi connectivity index (χ0n) is 11.5. The first-order valence-corrected chi connectivity index (χ1v) is 7.23. The molecule has 0 saturated carbocycles. The highest BCUT2D eigenvalue weighted by Crippen LogP contribution is 2.34. The Morgan fingerprint density at radius 3 is 2.33 bits per heavy atom. The van der Waals surface area contributed by atoms with Gasteiger partial charge in [0.15, 0.2) is 0 Å². The zero-order valence-corrected chi connectivity index (χ0v) is 11.5. The molecule has 1 aromatic carbocycles. The topological polar surface area (TPSA) is 15.3 Å². The lowest BCUT2D eigenvalue weighted by atomic mass is 9.98. The molecule has 2 fully saturated rings. The molecule has 2 heterocycles. The van der Waals surface area contributed by atoms with Crippen LogP contribution < -0.4 is 5.32 Å². The smallest absolute Gasteiger partial charge is 0.0208 e. The van der Waals surface area contributed by atoms with E-state index in [1.807, 2.05) is 0 Å². The van der Waals surface area contributed by atoms with Crippen molar-refractivity contribution in [3.05, 3.63) is 35.4 Å². The molecule has 2 atom stereocenters. The average Bonchev–Trinajstić information content (AvgIpc) is 2.62. The van der Waals surface area contributed by atoms with Crippen molar-refractivity contribution in [2.24, 2.45) is 0 Å². The van der Waals surface area contributed by atoms with Crippen molar-refractivity contribution in [3.63, 3.8) is 0 Å². The van der Waals surface area contributed by atoms with Gasteiger partial charge in [-0.3, -0.25) is 0 Å². The molecular formula is C16H24N2. The number of hydrogen-bond acceptors (Lipinski definition) is 2. The molecule has 0 spiro atoms. The van der Waals surface area contributed by atoms with Gasteiger partial charge in [-0.05, 0) is 45.2 Å². The fourth-order valence-corrected chi connectivity index (χ4v) is 3.55. The second-order valence-electron chi connectivity index (χ2n) is 6.09. The summed E-state index contributed by atoms with van der Waals surface area (Å²) in [5.41, 5.74) is 2.75. The highest BCUT2D eigenvalue weighted by Gasteiger charge is 2.37. The van der Waals surface area contributed by atoms with Gasteiger partial charge in [0.25, 0.3) is 0 Å². The van der Waals surface area contributed by atoms with Gasteiger partial charge in [0.05, 0.1) is 0 Å². The van der Waals surface area contributed by atoms with Crippen LogP contribution in [-0.4, -0.2) is 30.1 Å². The van der Waals surface area contributed by atoms with Crippen LogP contribution in [0.15, 0.2) is 24.3 Å². The Hall–Kier alpha value is -0.860. The molecule has 18 heavy (non-hydrogen) atoms. The van der Waals surface area contributed by atoms with E-state index in [0.717, 1.165) is 24.7 Å². The minimum atomic E-state index is 0.722. The van der Waals surface area contributed by atoms with Crippen molar-refractivity contribution < 1.29 is 0 Å². The molecule has 0 radical (unpaired) electrons. The summed E-state index contributed by atoms with van der Waals surface area (Å²) in [6.07, 6.45) is 5.48. The first-order valence-electron chi connectivity index (χ1n) is 7.23. The second-order valence-corrected chi connectivity index (χ2v) is 6.09. The lowest BCUT2D eigenvalue weighted by molar-refractivity contribution is 0.148. The SMILES string of the molecule is Cc1ccc(CNC2CC3CCC(C2)N3C)cc1. The van der Waals surface area contributed by atoms with E-state index in [1.165, 1.54) is 36.8 Å². The normalized spacial score (nSPS) is 31.8. The molecule has 98 valence electrons. The standard InChI is InChI=1S/C16H24N2/c1-12-3-5-13(6-4-12)11-17-14-9-15-7-8-16(10-14)18(15)2/h3-6,14-17H,7-11H2,1-2H3. The van der Waals surface area contributed by atoms with Crippen LogP contribution in [-0.2, 0) is 6.54 Å². The third kappa shape index (κ3) is 2.45. The van der Waals surface area contributed by atoms with Gasteiger partial charge in [-0.1, -0.05) is 29.8 Å². The Bertz CT molecular complexity index is 384. The van der Waals surface area contributed by atoms with Crippen LogP contribution in [0.25, 0.3) is 0 Å². The van der Waals surface area contributed by atoms with Crippen LogP contribution in [0.3, 0.4) is 0 Å². The van der Waals surface area contributed by atoms with E-state index in [2.05, 4.69) is 48.5 Å². The summed E-state index contributed by atoms with van der Waals surface area (Å²) in [6, 6.07) is 11.3. The fourth-order valence-electron chi connectivity index (χ4n) is 3.55. The maximum absolute atomic E-state index is 3.75. The quantitative estimate of drug-likeness (QED) is 0.879. The lowest BCUT2D eigenvalue weighted by Gasteiger charge is -2.36. The number of piperidine rings is 1.